The summed E-state index contributed by atoms with van der Waals surface area (Å²) in [5.41, 5.74) is 1.91. The van der Waals surface area contributed by atoms with Gasteiger partial charge in [-0.25, -0.2) is 0 Å². The minimum absolute atomic E-state index is 0.181. The van der Waals surface area contributed by atoms with E-state index in [1.165, 1.54) is 0 Å². The molecule has 0 aromatic heterocycles. The van der Waals surface area contributed by atoms with Crippen LogP contribution in [0.1, 0.15) is 25.0 Å². The number of ether oxygens (including phenoxy) is 1. The number of benzene rings is 3. The summed E-state index contributed by atoms with van der Waals surface area (Å²) in [5.74, 6) is 0.335. The second-order valence-electron chi connectivity index (χ2n) is 8.72. The van der Waals surface area contributed by atoms with Gasteiger partial charge in [-0.15, -0.1) is 0 Å². The Morgan fingerprint density at radius 1 is 0.971 bits per heavy atom. The Kier molecular flexibility index (Phi) is 10.2. The molecule has 0 heterocycles. The van der Waals surface area contributed by atoms with E-state index in [0.717, 1.165) is 11.1 Å². The van der Waals surface area contributed by atoms with Crippen molar-refractivity contribution in [3.05, 3.63) is 99.5 Å². The van der Waals surface area contributed by atoms with E-state index in [-0.39, 0.29) is 25.0 Å². The van der Waals surface area contributed by atoms with Crippen molar-refractivity contribution in [2.75, 3.05) is 13.2 Å². The fraction of sp³-hybridized carbons (Fsp3) is 0.286. The van der Waals surface area contributed by atoms with Crippen LogP contribution >= 0.6 is 27.5 Å². The fourth-order valence-electron chi connectivity index (χ4n) is 3.57. The van der Waals surface area contributed by atoms with E-state index >= 15 is 0 Å². The van der Waals surface area contributed by atoms with Crippen molar-refractivity contribution in [2.24, 2.45) is 5.92 Å². The molecule has 184 valence electrons. The lowest BCUT2D eigenvalue weighted by atomic mass is 10.0. The molecule has 0 bridgehead atoms. The van der Waals surface area contributed by atoms with Gasteiger partial charge in [-0.1, -0.05) is 86.1 Å². The van der Waals surface area contributed by atoms with Crippen LogP contribution in [0.5, 0.6) is 5.75 Å². The quantitative estimate of drug-likeness (QED) is 0.320. The third-order valence-electron chi connectivity index (χ3n) is 5.40. The first-order valence-corrected chi connectivity index (χ1v) is 12.7. The first-order chi connectivity index (χ1) is 16.8. The molecule has 0 aliphatic heterocycles. The van der Waals surface area contributed by atoms with Crippen molar-refractivity contribution < 1.29 is 14.3 Å². The highest BCUT2D eigenvalue weighted by Gasteiger charge is 2.30. The first-order valence-electron chi connectivity index (χ1n) is 11.6. The lowest BCUT2D eigenvalue weighted by Crippen LogP contribution is -2.52. The summed E-state index contributed by atoms with van der Waals surface area (Å²) in [6.45, 7) is 4.69. The van der Waals surface area contributed by atoms with Crippen LogP contribution in [-0.4, -0.2) is 35.9 Å². The van der Waals surface area contributed by atoms with Gasteiger partial charge in [0, 0.05) is 24.5 Å². The Hall–Kier alpha value is -2.83. The molecule has 0 aliphatic carbocycles. The summed E-state index contributed by atoms with van der Waals surface area (Å²) in [4.78, 5) is 28.6. The first kappa shape index (κ1) is 26.8. The van der Waals surface area contributed by atoms with E-state index in [2.05, 4.69) is 21.2 Å². The zero-order valence-corrected chi connectivity index (χ0v) is 22.3. The molecule has 2 amide bonds. The molecule has 1 atom stereocenters. The van der Waals surface area contributed by atoms with Crippen molar-refractivity contribution in [3.8, 4) is 5.75 Å². The molecule has 0 spiro atoms. The number of rotatable bonds is 11. The summed E-state index contributed by atoms with van der Waals surface area (Å²) in [6, 6.07) is 23.8. The molecular weight excluding hydrogens is 528 g/mol. The molecule has 0 fully saturated rings. The van der Waals surface area contributed by atoms with Crippen LogP contribution in [0, 0.1) is 5.92 Å². The highest BCUT2D eigenvalue weighted by Crippen LogP contribution is 2.28. The molecule has 5 nitrogen and oxygen atoms in total. The average Bonchev–Trinajstić information content (AvgIpc) is 2.85. The zero-order chi connectivity index (χ0) is 25.2. The van der Waals surface area contributed by atoms with Crippen LogP contribution in [0.15, 0.2) is 83.3 Å². The third kappa shape index (κ3) is 8.41. The number of nitrogens with zero attached hydrogens (tertiary/aromatic N) is 1. The number of carbonyl (C=O) groups is 2. The smallest absolute Gasteiger partial charge is 0.261 e. The van der Waals surface area contributed by atoms with Gasteiger partial charge in [0.1, 0.15) is 11.8 Å². The van der Waals surface area contributed by atoms with E-state index in [0.29, 0.717) is 34.1 Å². The van der Waals surface area contributed by atoms with Crippen LogP contribution < -0.4 is 10.1 Å². The number of hydrogen-bond acceptors (Lipinski definition) is 3. The van der Waals surface area contributed by atoms with Crippen LogP contribution in [0.25, 0.3) is 0 Å². The van der Waals surface area contributed by atoms with Gasteiger partial charge in [0.05, 0.1) is 4.47 Å². The average molecular weight is 558 g/mol. The number of nitrogens with one attached hydrogen (secondary N) is 1. The Morgan fingerprint density at radius 3 is 2.20 bits per heavy atom. The minimum Gasteiger partial charge on any atom is -0.483 e. The molecular formula is C28H30BrClN2O3. The molecule has 0 unspecified atom stereocenters. The van der Waals surface area contributed by atoms with Crippen molar-refractivity contribution in [2.45, 2.75) is 32.9 Å². The Morgan fingerprint density at radius 2 is 1.60 bits per heavy atom. The minimum atomic E-state index is -0.693. The zero-order valence-electron chi connectivity index (χ0n) is 19.9. The van der Waals surface area contributed by atoms with Crippen molar-refractivity contribution in [3.63, 3.8) is 0 Å². The highest BCUT2D eigenvalue weighted by molar-refractivity contribution is 9.10. The van der Waals surface area contributed by atoms with Crippen molar-refractivity contribution in [1.29, 1.82) is 0 Å². The van der Waals surface area contributed by atoms with Crippen LogP contribution in [0.4, 0.5) is 0 Å². The van der Waals surface area contributed by atoms with Gasteiger partial charge in [-0.05, 0) is 51.2 Å². The molecule has 0 aliphatic rings. The van der Waals surface area contributed by atoms with Gasteiger partial charge < -0.3 is 15.0 Å². The van der Waals surface area contributed by atoms with E-state index in [1.807, 2.05) is 74.5 Å². The van der Waals surface area contributed by atoms with Crippen LogP contribution in [0.3, 0.4) is 0 Å². The Bertz CT molecular complexity index is 1110. The molecule has 0 saturated heterocycles. The topological polar surface area (TPSA) is 58.6 Å². The van der Waals surface area contributed by atoms with Gasteiger partial charge in [0.15, 0.2) is 6.61 Å². The van der Waals surface area contributed by atoms with Gasteiger partial charge >= 0.3 is 0 Å². The SMILES string of the molecule is CC(C)CNC(=O)[C@H](Cc1ccccc1)N(Cc1ccccc1)C(=O)COc1ccc(Cl)cc1Br. The van der Waals surface area contributed by atoms with Gasteiger partial charge in [-0.2, -0.15) is 0 Å². The largest absolute Gasteiger partial charge is 0.483 e. The molecule has 3 rings (SSSR count). The number of halogens is 2. The maximum absolute atomic E-state index is 13.6. The predicted octanol–water partition coefficient (Wildman–Crippen LogP) is 5.89. The van der Waals surface area contributed by atoms with Crippen molar-refractivity contribution in [1.82, 2.24) is 10.2 Å². The van der Waals surface area contributed by atoms with Gasteiger partial charge in [-0.3, -0.25) is 9.59 Å². The van der Waals surface area contributed by atoms with E-state index in [9.17, 15) is 9.59 Å². The lowest BCUT2D eigenvalue weighted by molar-refractivity contribution is -0.142. The van der Waals surface area contributed by atoms with Crippen molar-refractivity contribution >= 4 is 39.3 Å². The summed E-state index contributed by atoms with van der Waals surface area (Å²) in [7, 11) is 0. The number of amides is 2. The maximum Gasteiger partial charge on any atom is 0.261 e. The van der Waals surface area contributed by atoms with E-state index < -0.39 is 6.04 Å². The standard InChI is InChI=1S/C28H30BrClN2O3/c1-20(2)17-31-28(34)25(15-21-9-5-3-6-10-21)32(18-22-11-7-4-8-12-22)27(33)19-35-26-14-13-23(30)16-24(26)29/h3-14,16,20,25H,15,17-19H2,1-2H3,(H,31,34)/t25-/m0/s1. The molecule has 0 radical (unpaired) electrons. The second-order valence-corrected chi connectivity index (χ2v) is 10.0. The third-order valence-corrected chi connectivity index (χ3v) is 6.25. The summed E-state index contributed by atoms with van der Waals surface area (Å²) in [5, 5.41) is 3.58. The molecule has 3 aromatic carbocycles. The fourth-order valence-corrected chi connectivity index (χ4v) is 4.37. The monoisotopic (exact) mass is 556 g/mol. The van der Waals surface area contributed by atoms with Gasteiger partial charge in [0.2, 0.25) is 5.91 Å². The number of carbonyl (C=O) groups excluding carboxylic acids is 2. The normalized spacial score (nSPS) is 11.7. The maximum atomic E-state index is 13.6. The van der Waals surface area contributed by atoms with E-state index in [1.54, 1.807) is 23.1 Å². The molecule has 0 saturated carbocycles. The van der Waals surface area contributed by atoms with Crippen LogP contribution in [-0.2, 0) is 22.6 Å². The Balaban J connectivity index is 1.88. The van der Waals surface area contributed by atoms with E-state index in [4.69, 9.17) is 16.3 Å². The molecule has 7 heteroatoms. The summed E-state index contributed by atoms with van der Waals surface area (Å²) < 4.78 is 6.48. The number of hydrogen-bond donors (Lipinski definition) is 1. The molecule has 3 aromatic rings. The summed E-state index contributed by atoms with van der Waals surface area (Å²) in [6.07, 6.45) is 0.397. The lowest BCUT2D eigenvalue weighted by Gasteiger charge is -2.31. The van der Waals surface area contributed by atoms with Gasteiger partial charge in [0.25, 0.3) is 5.91 Å². The Labute approximate surface area is 220 Å². The van der Waals surface area contributed by atoms with Crippen LogP contribution in [0.2, 0.25) is 5.02 Å². The second kappa shape index (κ2) is 13.3. The summed E-state index contributed by atoms with van der Waals surface area (Å²) >= 11 is 9.44. The highest BCUT2D eigenvalue weighted by atomic mass is 79.9. The molecule has 35 heavy (non-hydrogen) atoms. The molecule has 1 N–H and O–H groups in total. The predicted molar refractivity (Wildman–Crippen MR) is 143 cm³/mol.